The molecule has 27 heavy (non-hydrogen) atoms. The maximum absolute atomic E-state index is 12.4. The second kappa shape index (κ2) is 8.54. The van der Waals surface area contributed by atoms with E-state index in [0.717, 1.165) is 24.1 Å². The van der Waals surface area contributed by atoms with Gasteiger partial charge in [-0.15, -0.1) is 0 Å². The Balaban J connectivity index is 1.57. The second-order valence-corrected chi connectivity index (χ2v) is 8.23. The fraction of sp³-hybridized carbons (Fsp3) is 0.350. The van der Waals surface area contributed by atoms with Gasteiger partial charge in [-0.05, 0) is 48.7 Å². The molecule has 0 unspecified atom stereocenters. The van der Waals surface area contributed by atoms with Crippen LogP contribution in [0.5, 0.6) is 5.75 Å². The molecule has 0 aromatic heterocycles. The Morgan fingerprint density at radius 2 is 1.70 bits per heavy atom. The fourth-order valence-corrected chi connectivity index (χ4v) is 4.02. The average Bonchev–Trinajstić information content (AvgIpc) is 3.07. The van der Waals surface area contributed by atoms with Crippen molar-refractivity contribution in [2.24, 2.45) is 0 Å². The SMILES string of the molecule is CCOc1ccc(S(=O)(=O)NCc2ccc(CN3CCCC3=O)cc2)cc1. The standard InChI is InChI=1S/C20H24N2O4S/c1-2-26-18-9-11-19(12-10-18)27(24,25)21-14-16-5-7-17(8-6-16)15-22-13-3-4-20(22)23/h5-12,21H,2-4,13-15H2,1H3. The van der Waals surface area contributed by atoms with Crippen LogP contribution in [0.25, 0.3) is 0 Å². The molecule has 6 nitrogen and oxygen atoms in total. The fourth-order valence-electron chi connectivity index (χ4n) is 3.00. The number of hydrogen-bond acceptors (Lipinski definition) is 4. The van der Waals surface area contributed by atoms with Crippen molar-refractivity contribution in [2.75, 3.05) is 13.2 Å². The van der Waals surface area contributed by atoms with Crippen LogP contribution in [-0.4, -0.2) is 32.4 Å². The Morgan fingerprint density at radius 3 is 2.30 bits per heavy atom. The Labute approximate surface area is 160 Å². The van der Waals surface area contributed by atoms with Crippen molar-refractivity contribution in [1.29, 1.82) is 0 Å². The van der Waals surface area contributed by atoms with Crippen LogP contribution in [-0.2, 0) is 27.9 Å². The first kappa shape index (κ1) is 19.4. The lowest BCUT2D eigenvalue weighted by molar-refractivity contribution is -0.128. The highest BCUT2D eigenvalue weighted by Crippen LogP contribution is 2.17. The smallest absolute Gasteiger partial charge is 0.240 e. The number of nitrogens with one attached hydrogen (secondary N) is 1. The highest BCUT2D eigenvalue weighted by atomic mass is 32.2. The highest BCUT2D eigenvalue weighted by Gasteiger charge is 2.20. The van der Waals surface area contributed by atoms with Crippen molar-refractivity contribution in [3.05, 3.63) is 59.7 Å². The number of carbonyl (C=O) groups excluding carboxylic acids is 1. The molecule has 0 spiro atoms. The van der Waals surface area contributed by atoms with Gasteiger partial charge in [-0.25, -0.2) is 13.1 Å². The van der Waals surface area contributed by atoms with Crippen LogP contribution >= 0.6 is 0 Å². The van der Waals surface area contributed by atoms with E-state index in [4.69, 9.17) is 4.74 Å². The van der Waals surface area contributed by atoms with Crippen molar-refractivity contribution < 1.29 is 17.9 Å². The van der Waals surface area contributed by atoms with Gasteiger partial charge in [-0.3, -0.25) is 4.79 Å². The molecule has 1 heterocycles. The van der Waals surface area contributed by atoms with Crippen molar-refractivity contribution >= 4 is 15.9 Å². The minimum absolute atomic E-state index is 0.196. The number of amides is 1. The number of carbonyl (C=O) groups is 1. The molecule has 7 heteroatoms. The van der Waals surface area contributed by atoms with Crippen LogP contribution in [0.3, 0.4) is 0 Å². The minimum atomic E-state index is -3.58. The average molecular weight is 388 g/mol. The second-order valence-electron chi connectivity index (χ2n) is 6.46. The molecule has 1 aliphatic heterocycles. The predicted octanol–water partition coefficient (Wildman–Crippen LogP) is 2.69. The Morgan fingerprint density at radius 1 is 1.04 bits per heavy atom. The van der Waals surface area contributed by atoms with E-state index in [0.29, 0.717) is 25.3 Å². The van der Waals surface area contributed by atoms with E-state index in [-0.39, 0.29) is 17.3 Å². The summed E-state index contributed by atoms with van der Waals surface area (Å²) in [4.78, 5) is 13.7. The molecule has 1 amide bonds. The third kappa shape index (κ3) is 5.08. The molecule has 1 N–H and O–H groups in total. The van der Waals surface area contributed by atoms with Gasteiger partial charge < -0.3 is 9.64 Å². The van der Waals surface area contributed by atoms with Crippen LogP contribution in [0.2, 0.25) is 0 Å². The zero-order valence-corrected chi connectivity index (χ0v) is 16.2. The number of hydrogen-bond donors (Lipinski definition) is 1. The number of sulfonamides is 1. The number of nitrogens with zero attached hydrogens (tertiary/aromatic N) is 1. The zero-order valence-electron chi connectivity index (χ0n) is 15.3. The first-order chi connectivity index (χ1) is 13.0. The number of rotatable bonds is 8. The molecule has 0 radical (unpaired) electrons. The van der Waals surface area contributed by atoms with E-state index < -0.39 is 10.0 Å². The number of ether oxygens (including phenoxy) is 1. The van der Waals surface area contributed by atoms with Gasteiger partial charge in [0.1, 0.15) is 5.75 Å². The molecule has 3 rings (SSSR count). The molecule has 1 saturated heterocycles. The molecule has 0 atom stereocenters. The van der Waals surface area contributed by atoms with Gasteiger partial charge in [0.05, 0.1) is 11.5 Å². The van der Waals surface area contributed by atoms with Gasteiger partial charge in [0, 0.05) is 26.1 Å². The van der Waals surface area contributed by atoms with Crippen LogP contribution in [0.4, 0.5) is 0 Å². The van der Waals surface area contributed by atoms with E-state index in [1.54, 1.807) is 12.1 Å². The summed E-state index contributed by atoms with van der Waals surface area (Å²) in [5.74, 6) is 0.839. The summed E-state index contributed by atoms with van der Waals surface area (Å²) < 4.78 is 32.8. The zero-order chi connectivity index (χ0) is 19.3. The van der Waals surface area contributed by atoms with E-state index in [1.807, 2.05) is 36.1 Å². The van der Waals surface area contributed by atoms with Gasteiger partial charge in [-0.2, -0.15) is 0 Å². The van der Waals surface area contributed by atoms with E-state index >= 15 is 0 Å². The van der Waals surface area contributed by atoms with Crippen LogP contribution in [0, 0.1) is 0 Å². The third-order valence-electron chi connectivity index (χ3n) is 4.48. The molecule has 1 aliphatic rings. The maximum Gasteiger partial charge on any atom is 0.240 e. The summed E-state index contributed by atoms with van der Waals surface area (Å²) in [6.45, 7) is 4.03. The van der Waals surface area contributed by atoms with Crippen molar-refractivity contribution in [1.82, 2.24) is 9.62 Å². The lowest BCUT2D eigenvalue weighted by atomic mass is 10.1. The molecular formula is C20H24N2O4S. The highest BCUT2D eigenvalue weighted by molar-refractivity contribution is 7.89. The summed E-state index contributed by atoms with van der Waals surface area (Å²) >= 11 is 0. The quantitative estimate of drug-likeness (QED) is 0.754. The largest absolute Gasteiger partial charge is 0.494 e. The summed E-state index contributed by atoms with van der Waals surface area (Å²) in [7, 11) is -3.58. The Bertz CT molecular complexity index is 877. The number of likely N-dealkylation sites (tertiary alicyclic amines) is 1. The van der Waals surface area contributed by atoms with Crippen LogP contribution in [0.15, 0.2) is 53.4 Å². The molecule has 144 valence electrons. The monoisotopic (exact) mass is 388 g/mol. The summed E-state index contributed by atoms with van der Waals surface area (Å²) in [6, 6.07) is 14.0. The van der Waals surface area contributed by atoms with Crippen LogP contribution in [0.1, 0.15) is 30.9 Å². The van der Waals surface area contributed by atoms with Gasteiger partial charge >= 0.3 is 0 Å². The Kier molecular flexibility index (Phi) is 6.13. The molecule has 2 aromatic carbocycles. The van der Waals surface area contributed by atoms with Crippen molar-refractivity contribution in [2.45, 2.75) is 37.8 Å². The molecule has 2 aromatic rings. The minimum Gasteiger partial charge on any atom is -0.494 e. The van der Waals surface area contributed by atoms with E-state index in [1.165, 1.54) is 12.1 Å². The Hall–Kier alpha value is -2.38. The van der Waals surface area contributed by atoms with Gasteiger partial charge in [0.2, 0.25) is 15.9 Å². The van der Waals surface area contributed by atoms with E-state index in [2.05, 4.69) is 4.72 Å². The summed E-state index contributed by atoms with van der Waals surface area (Å²) in [5.41, 5.74) is 1.91. The normalized spacial score (nSPS) is 14.6. The van der Waals surface area contributed by atoms with Gasteiger partial charge in [-0.1, -0.05) is 24.3 Å². The van der Waals surface area contributed by atoms with E-state index in [9.17, 15) is 13.2 Å². The maximum atomic E-state index is 12.4. The first-order valence-electron chi connectivity index (χ1n) is 9.06. The predicted molar refractivity (Wildman–Crippen MR) is 103 cm³/mol. The first-order valence-corrected chi connectivity index (χ1v) is 10.5. The molecule has 0 bridgehead atoms. The molecular weight excluding hydrogens is 364 g/mol. The summed E-state index contributed by atoms with van der Waals surface area (Å²) in [5, 5.41) is 0. The van der Waals surface area contributed by atoms with Crippen molar-refractivity contribution in [3.8, 4) is 5.75 Å². The van der Waals surface area contributed by atoms with Gasteiger partial charge in [0.15, 0.2) is 0 Å². The lowest BCUT2D eigenvalue weighted by Crippen LogP contribution is -2.24. The number of benzene rings is 2. The topological polar surface area (TPSA) is 75.7 Å². The van der Waals surface area contributed by atoms with Gasteiger partial charge in [0.25, 0.3) is 0 Å². The van der Waals surface area contributed by atoms with Crippen molar-refractivity contribution in [3.63, 3.8) is 0 Å². The third-order valence-corrected chi connectivity index (χ3v) is 5.90. The van der Waals surface area contributed by atoms with Crippen LogP contribution < -0.4 is 9.46 Å². The molecule has 1 fully saturated rings. The molecule has 0 saturated carbocycles. The summed E-state index contributed by atoms with van der Waals surface area (Å²) in [6.07, 6.45) is 1.55. The lowest BCUT2D eigenvalue weighted by Gasteiger charge is -2.15. The molecule has 0 aliphatic carbocycles.